The second-order valence-electron chi connectivity index (χ2n) is 4.36. The van der Waals surface area contributed by atoms with Crippen molar-refractivity contribution in [1.82, 2.24) is 9.78 Å². The van der Waals surface area contributed by atoms with Gasteiger partial charge >= 0.3 is 0 Å². The Hall–Kier alpha value is -1.24. The lowest BCUT2D eigenvalue weighted by molar-refractivity contribution is 0.600. The molecule has 1 heterocycles. The van der Waals surface area contributed by atoms with Gasteiger partial charge in [-0.3, -0.25) is 0 Å². The Morgan fingerprint density at radius 3 is 2.47 bits per heavy atom. The highest BCUT2D eigenvalue weighted by atomic mass is 32.2. The Bertz CT molecular complexity index is 491. The van der Waals surface area contributed by atoms with Crippen LogP contribution in [0.3, 0.4) is 0 Å². The molecular formula is C10H20N4O2S. The predicted octanol–water partition coefficient (Wildman–Crippen LogP) is 1.10. The number of nitrogens with two attached hydrogens (primary N) is 1. The third kappa shape index (κ3) is 3.12. The maximum atomic E-state index is 11.7. The lowest BCUT2D eigenvalue weighted by Crippen LogP contribution is -2.13. The fourth-order valence-corrected chi connectivity index (χ4v) is 2.51. The van der Waals surface area contributed by atoms with Crippen molar-refractivity contribution in [3.8, 4) is 0 Å². The summed E-state index contributed by atoms with van der Waals surface area (Å²) in [6, 6.07) is 0.0971. The molecule has 0 atom stereocenters. The zero-order chi connectivity index (χ0) is 13.2. The number of aryl methyl sites for hydroxylation is 1. The first-order valence-corrected chi connectivity index (χ1v) is 7.49. The molecule has 0 fully saturated rings. The van der Waals surface area contributed by atoms with Crippen molar-refractivity contribution in [2.45, 2.75) is 44.7 Å². The highest BCUT2D eigenvalue weighted by Gasteiger charge is 2.24. The van der Waals surface area contributed by atoms with Crippen LogP contribution in [0.25, 0.3) is 0 Å². The summed E-state index contributed by atoms with van der Waals surface area (Å²) >= 11 is 0. The van der Waals surface area contributed by atoms with Crippen molar-refractivity contribution >= 4 is 21.5 Å². The van der Waals surface area contributed by atoms with Crippen LogP contribution in [-0.4, -0.2) is 30.5 Å². The van der Waals surface area contributed by atoms with Crippen LogP contribution in [0.5, 0.6) is 0 Å². The number of rotatable bonds is 5. The fourth-order valence-electron chi connectivity index (χ4n) is 1.57. The van der Waals surface area contributed by atoms with Crippen LogP contribution < -0.4 is 11.1 Å². The Morgan fingerprint density at radius 2 is 2.06 bits per heavy atom. The molecule has 98 valence electrons. The van der Waals surface area contributed by atoms with E-state index in [2.05, 4.69) is 10.4 Å². The summed E-state index contributed by atoms with van der Waals surface area (Å²) in [5, 5.41) is 7.22. The molecule has 17 heavy (non-hydrogen) atoms. The molecule has 1 rings (SSSR count). The van der Waals surface area contributed by atoms with Gasteiger partial charge in [0.25, 0.3) is 0 Å². The number of nitrogen functional groups attached to an aromatic ring is 1. The zero-order valence-corrected chi connectivity index (χ0v) is 11.5. The Kier molecular flexibility index (Phi) is 4.03. The van der Waals surface area contributed by atoms with E-state index in [0.717, 1.165) is 12.7 Å². The number of hydrogen-bond acceptors (Lipinski definition) is 5. The summed E-state index contributed by atoms with van der Waals surface area (Å²) in [6.07, 6.45) is 1.98. The molecule has 0 unspecified atom stereocenters. The normalized spacial score (nSPS) is 12.1. The molecule has 0 saturated carbocycles. The molecule has 6 nitrogen and oxygen atoms in total. The number of aromatic nitrogens is 2. The molecule has 1 aromatic rings. The molecule has 0 spiro atoms. The number of sulfone groups is 1. The third-order valence-corrected chi connectivity index (χ3v) is 3.32. The van der Waals surface area contributed by atoms with Crippen LogP contribution in [0.15, 0.2) is 4.90 Å². The van der Waals surface area contributed by atoms with E-state index in [4.69, 9.17) is 5.73 Å². The van der Waals surface area contributed by atoms with Crippen LogP contribution in [0, 0.1) is 0 Å². The molecule has 0 bridgehead atoms. The average molecular weight is 260 g/mol. The lowest BCUT2D eigenvalue weighted by atomic mass is 10.4. The summed E-state index contributed by atoms with van der Waals surface area (Å²) in [6.45, 7) is 6.42. The molecule has 3 N–H and O–H groups in total. The van der Waals surface area contributed by atoms with Gasteiger partial charge in [0.15, 0.2) is 20.6 Å². The molecule has 0 aromatic carbocycles. The molecule has 0 amide bonds. The van der Waals surface area contributed by atoms with Crippen molar-refractivity contribution in [3.05, 3.63) is 0 Å². The third-order valence-electron chi connectivity index (χ3n) is 2.18. The minimum absolute atomic E-state index is 0.0969. The SMILES string of the molecule is CCCn1nc(NC(C)C)c(S(C)(=O)=O)c1N. The minimum atomic E-state index is -3.38. The highest BCUT2D eigenvalue weighted by Crippen LogP contribution is 2.27. The van der Waals surface area contributed by atoms with Crippen LogP contribution in [-0.2, 0) is 16.4 Å². The molecular weight excluding hydrogens is 240 g/mol. The van der Waals surface area contributed by atoms with Gasteiger partial charge < -0.3 is 11.1 Å². The van der Waals surface area contributed by atoms with E-state index < -0.39 is 9.84 Å². The Balaban J connectivity index is 3.32. The van der Waals surface area contributed by atoms with Crippen LogP contribution in [0.1, 0.15) is 27.2 Å². The maximum Gasteiger partial charge on any atom is 0.182 e. The summed E-state index contributed by atoms with van der Waals surface area (Å²) in [7, 11) is -3.38. The Morgan fingerprint density at radius 1 is 1.47 bits per heavy atom. The monoisotopic (exact) mass is 260 g/mol. The zero-order valence-electron chi connectivity index (χ0n) is 10.7. The van der Waals surface area contributed by atoms with E-state index in [9.17, 15) is 8.42 Å². The van der Waals surface area contributed by atoms with Crippen molar-refractivity contribution in [1.29, 1.82) is 0 Å². The van der Waals surface area contributed by atoms with Gasteiger partial charge in [-0.05, 0) is 20.3 Å². The van der Waals surface area contributed by atoms with E-state index >= 15 is 0 Å². The van der Waals surface area contributed by atoms with Crippen molar-refractivity contribution < 1.29 is 8.42 Å². The quantitative estimate of drug-likeness (QED) is 0.827. The number of nitrogens with zero attached hydrogens (tertiary/aromatic N) is 2. The van der Waals surface area contributed by atoms with Gasteiger partial charge in [0.05, 0.1) is 0 Å². The van der Waals surface area contributed by atoms with Gasteiger partial charge in [-0.1, -0.05) is 6.92 Å². The van der Waals surface area contributed by atoms with Gasteiger partial charge in [-0.25, -0.2) is 13.1 Å². The number of anilines is 2. The maximum absolute atomic E-state index is 11.7. The van der Waals surface area contributed by atoms with Gasteiger partial charge in [0, 0.05) is 18.8 Å². The van der Waals surface area contributed by atoms with Gasteiger partial charge in [0.1, 0.15) is 5.82 Å². The van der Waals surface area contributed by atoms with Gasteiger partial charge in [-0.2, -0.15) is 5.10 Å². The van der Waals surface area contributed by atoms with E-state index in [1.807, 2.05) is 20.8 Å². The fraction of sp³-hybridized carbons (Fsp3) is 0.700. The number of hydrogen-bond donors (Lipinski definition) is 2. The highest BCUT2D eigenvalue weighted by molar-refractivity contribution is 7.91. The molecule has 1 aromatic heterocycles. The topological polar surface area (TPSA) is 90.0 Å². The van der Waals surface area contributed by atoms with Crippen molar-refractivity contribution in [2.24, 2.45) is 0 Å². The molecule has 0 radical (unpaired) electrons. The second-order valence-corrected chi connectivity index (χ2v) is 6.31. The largest absolute Gasteiger partial charge is 0.383 e. The second kappa shape index (κ2) is 4.95. The van der Waals surface area contributed by atoms with E-state index in [0.29, 0.717) is 12.4 Å². The first-order valence-electron chi connectivity index (χ1n) is 5.60. The standard InChI is InChI=1S/C10H20N4O2S/c1-5-6-14-9(11)8(17(4,15)16)10(13-14)12-7(2)3/h7H,5-6,11H2,1-4H3,(H,12,13). The van der Waals surface area contributed by atoms with Crippen LogP contribution >= 0.6 is 0 Å². The average Bonchev–Trinajstić information content (AvgIpc) is 2.41. The van der Waals surface area contributed by atoms with Gasteiger partial charge in [-0.15, -0.1) is 0 Å². The minimum Gasteiger partial charge on any atom is -0.383 e. The van der Waals surface area contributed by atoms with E-state index in [1.165, 1.54) is 4.68 Å². The number of nitrogens with one attached hydrogen (secondary N) is 1. The van der Waals surface area contributed by atoms with Gasteiger partial charge in [0.2, 0.25) is 0 Å². The van der Waals surface area contributed by atoms with Crippen molar-refractivity contribution in [2.75, 3.05) is 17.3 Å². The summed E-state index contributed by atoms with van der Waals surface area (Å²) in [5.41, 5.74) is 5.83. The van der Waals surface area contributed by atoms with E-state index in [-0.39, 0.29) is 16.8 Å². The summed E-state index contributed by atoms with van der Waals surface area (Å²) in [5.74, 6) is 0.547. The molecule has 0 aliphatic carbocycles. The Labute approximate surface area is 102 Å². The molecule has 7 heteroatoms. The van der Waals surface area contributed by atoms with Crippen LogP contribution in [0.2, 0.25) is 0 Å². The van der Waals surface area contributed by atoms with Crippen LogP contribution in [0.4, 0.5) is 11.6 Å². The first-order chi connectivity index (χ1) is 7.77. The first kappa shape index (κ1) is 13.8. The van der Waals surface area contributed by atoms with E-state index in [1.54, 1.807) is 0 Å². The molecule has 0 aliphatic heterocycles. The predicted molar refractivity (Wildman–Crippen MR) is 68.8 cm³/mol. The molecule has 0 aliphatic rings. The molecule has 0 saturated heterocycles. The summed E-state index contributed by atoms with van der Waals surface area (Å²) < 4.78 is 24.9. The lowest BCUT2D eigenvalue weighted by Gasteiger charge is -2.07. The smallest absolute Gasteiger partial charge is 0.182 e. The van der Waals surface area contributed by atoms with Crippen molar-refractivity contribution in [3.63, 3.8) is 0 Å². The summed E-state index contributed by atoms with van der Waals surface area (Å²) in [4.78, 5) is 0.0969.